The van der Waals surface area contributed by atoms with E-state index in [-0.39, 0.29) is 12.0 Å². The molecule has 0 aromatic heterocycles. The van der Waals surface area contributed by atoms with E-state index in [0.29, 0.717) is 12.1 Å². The van der Waals surface area contributed by atoms with Gasteiger partial charge in [0.15, 0.2) is 0 Å². The Kier molecular flexibility index (Phi) is 2.74. The SMILES string of the molecule is CCC1NCc2cc(F)cc(F)c2C1C. The molecule has 0 spiro atoms. The van der Waals surface area contributed by atoms with Gasteiger partial charge in [-0.1, -0.05) is 13.8 Å². The van der Waals surface area contributed by atoms with Crippen LogP contribution in [0.25, 0.3) is 0 Å². The van der Waals surface area contributed by atoms with Gasteiger partial charge in [-0.15, -0.1) is 0 Å². The summed E-state index contributed by atoms with van der Waals surface area (Å²) >= 11 is 0. The molecule has 2 atom stereocenters. The van der Waals surface area contributed by atoms with Gasteiger partial charge < -0.3 is 5.32 Å². The van der Waals surface area contributed by atoms with Gasteiger partial charge in [0.2, 0.25) is 0 Å². The molecule has 1 heterocycles. The second-order valence-corrected chi connectivity index (χ2v) is 4.14. The van der Waals surface area contributed by atoms with E-state index in [2.05, 4.69) is 12.2 Å². The predicted molar refractivity (Wildman–Crippen MR) is 55.7 cm³/mol. The molecule has 0 radical (unpaired) electrons. The third-order valence-electron chi connectivity index (χ3n) is 3.23. The van der Waals surface area contributed by atoms with Crippen molar-refractivity contribution in [3.63, 3.8) is 0 Å². The lowest BCUT2D eigenvalue weighted by Crippen LogP contribution is -2.38. The summed E-state index contributed by atoms with van der Waals surface area (Å²) < 4.78 is 26.6. The van der Waals surface area contributed by atoms with Crippen molar-refractivity contribution in [2.24, 2.45) is 0 Å². The van der Waals surface area contributed by atoms with E-state index in [1.165, 1.54) is 6.07 Å². The lowest BCUT2D eigenvalue weighted by Gasteiger charge is -2.32. The third-order valence-corrected chi connectivity index (χ3v) is 3.23. The van der Waals surface area contributed by atoms with Crippen LogP contribution in [-0.4, -0.2) is 6.04 Å². The second-order valence-electron chi connectivity index (χ2n) is 4.14. The lowest BCUT2D eigenvalue weighted by molar-refractivity contribution is 0.393. The molecule has 0 amide bonds. The Hall–Kier alpha value is -0.960. The smallest absolute Gasteiger partial charge is 0.129 e. The summed E-state index contributed by atoms with van der Waals surface area (Å²) in [5.74, 6) is -0.785. The first-order valence-electron chi connectivity index (χ1n) is 5.34. The summed E-state index contributed by atoms with van der Waals surface area (Å²) in [5.41, 5.74) is 1.44. The predicted octanol–water partition coefficient (Wildman–Crippen LogP) is 2.95. The van der Waals surface area contributed by atoms with E-state index in [4.69, 9.17) is 0 Å². The van der Waals surface area contributed by atoms with Crippen molar-refractivity contribution in [3.05, 3.63) is 34.9 Å². The number of hydrogen-bond acceptors (Lipinski definition) is 1. The Bertz CT molecular complexity index is 376. The molecular weight excluding hydrogens is 196 g/mol. The van der Waals surface area contributed by atoms with Crippen LogP contribution in [0.15, 0.2) is 12.1 Å². The Balaban J connectivity index is 2.47. The zero-order valence-electron chi connectivity index (χ0n) is 8.98. The minimum Gasteiger partial charge on any atom is -0.309 e. The Morgan fingerprint density at radius 1 is 1.40 bits per heavy atom. The van der Waals surface area contributed by atoms with E-state index in [0.717, 1.165) is 18.1 Å². The van der Waals surface area contributed by atoms with Crippen molar-refractivity contribution >= 4 is 0 Å². The molecule has 1 aliphatic heterocycles. The minimum atomic E-state index is -0.491. The first kappa shape index (κ1) is 10.6. The fourth-order valence-electron chi connectivity index (χ4n) is 2.41. The molecule has 0 aliphatic carbocycles. The second kappa shape index (κ2) is 3.89. The topological polar surface area (TPSA) is 12.0 Å². The van der Waals surface area contributed by atoms with E-state index in [1.807, 2.05) is 6.92 Å². The Morgan fingerprint density at radius 3 is 2.80 bits per heavy atom. The molecule has 1 aromatic rings. The molecule has 1 aromatic carbocycles. The van der Waals surface area contributed by atoms with Gasteiger partial charge in [0.1, 0.15) is 11.6 Å². The number of rotatable bonds is 1. The highest BCUT2D eigenvalue weighted by Crippen LogP contribution is 2.31. The van der Waals surface area contributed by atoms with Crippen molar-refractivity contribution < 1.29 is 8.78 Å². The third kappa shape index (κ3) is 1.76. The maximum absolute atomic E-state index is 13.6. The molecule has 0 saturated carbocycles. The normalized spacial score (nSPS) is 25.1. The van der Waals surface area contributed by atoms with Crippen molar-refractivity contribution in [1.82, 2.24) is 5.32 Å². The Morgan fingerprint density at radius 2 is 2.13 bits per heavy atom. The number of fused-ring (bicyclic) bond motifs is 1. The molecule has 1 nitrogen and oxygen atoms in total. The van der Waals surface area contributed by atoms with Gasteiger partial charge in [-0.2, -0.15) is 0 Å². The van der Waals surface area contributed by atoms with Crippen LogP contribution in [0.2, 0.25) is 0 Å². The monoisotopic (exact) mass is 211 g/mol. The van der Waals surface area contributed by atoms with Crippen LogP contribution in [0.3, 0.4) is 0 Å². The van der Waals surface area contributed by atoms with Gasteiger partial charge in [-0.3, -0.25) is 0 Å². The van der Waals surface area contributed by atoms with E-state index in [9.17, 15) is 8.78 Å². The van der Waals surface area contributed by atoms with Crippen LogP contribution >= 0.6 is 0 Å². The summed E-state index contributed by atoms with van der Waals surface area (Å²) in [6, 6.07) is 2.69. The van der Waals surface area contributed by atoms with Gasteiger partial charge >= 0.3 is 0 Å². The molecule has 3 heteroatoms. The fraction of sp³-hybridized carbons (Fsp3) is 0.500. The summed E-state index contributed by atoms with van der Waals surface area (Å²) in [7, 11) is 0. The molecule has 2 rings (SSSR count). The van der Waals surface area contributed by atoms with E-state index in [1.54, 1.807) is 0 Å². The molecule has 15 heavy (non-hydrogen) atoms. The average Bonchev–Trinajstić information content (AvgIpc) is 2.17. The standard InChI is InChI=1S/C12H15F2N/c1-3-11-7(2)12-8(6-15-11)4-9(13)5-10(12)14/h4-5,7,11,15H,3,6H2,1-2H3. The van der Waals surface area contributed by atoms with Gasteiger partial charge in [0.05, 0.1) is 0 Å². The van der Waals surface area contributed by atoms with E-state index >= 15 is 0 Å². The van der Waals surface area contributed by atoms with Crippen LogP contribution in [0.4, 0.5) is 8.78 Å². The maximum atomic E-state index is 13.6. The molecule has 2 unspecified atom stereocenters. The summed E-state index contributed by atoms with van der Waals surface area (Å²) in [4.78, 5) is 0. The summed E-state index contributed by atoms with van der Waals surface area (Å²) in [6.07, 6.45) is 0.956. The number of benzene rings is 1. The molecule has 82 valence electrons. The van der Waals surface area contributed by atoms with Gasteiger partial charge in [0, 0.05) is 18.7 Å². The highest BCUT2D eigenvalue weighted by Gasteiger charge is 2.27. The zero-order chi connectivity index (χ0) is 11.0. The van der Waals surface area contributed by atoms with Gasteiger partial charge in [0.25, 0.3) is 0 Å². The summed E-state index contributed by atoms with van der Waals surface area (Å²) in [6.45, 7) is 4.62. The van der Waals surface area contributed by atoms with Crippen LogP contribution in [0, 0.1) is 11.6 Å². The molecular formula is C12H15F2N. The number of halogens is 2. The lowest BCUT2D eigenvalue weighted by atomic mass is 9.84. The molecule has 1 aliphatic rings. The highest BCUT2D eigenvalue weighted by molar-refractivity contribution is 5.35. The molecule has 0 saturated heterocycles. The Labute approximate surface area is 88.5 Å². The average molecular weight is 211 g/mol. The largest absolute Gasteiger partial charge is 0.309 e. The molecule has 0 bridgehead atoms. The first-order chi connectivity index (χ1) is 7.13. The fourth-order valence-corrected chi connectivity index (χ4v) is 2.41. The van der Waals surface area contributed by atoms with Crippen molar-refractivity contribution in [2.45, 2.75) is 38.8 Å². The van der Waals surface area contributed by atoms with Crippen LogP contribution < -0.4 is 5.32 Å². The zero-order valence-corrected chi connectivity index (χ0v) is 8.98. The van der Waals surface area contributed by atoms with Crippen LogP contribution in [0.1, 0.15) is 37.3 Å². The molecule has 1 N–H and O–H groups in total. The molecule has 0 fully saturated rings. The highest BCUT2D eigenvalue weighted by atomic mass is 19.1. The number of nitrogens with one attached hydrogen (secondary N) is 1. The minimum absolute atomic E-state index is 0.111. The summed E-state index contributed by atoms with van der Waals surface area (Å²) in [5, 5.41) is 3.30. The first-order valence-corrected chi connectivity index (χ1v) is 5.34. The van der Waals surface area contributed by atoms with Gasteiger partial charge in [-0.25, -0.2) is 8.78 Å². The number of hydrogen-bond donors (Lipinski definition) is 1. The van der Waals surface area contributed by atoms with E-state index < -0.39 is 11.6 Å². The quantitative estimate of drug-likeness (QED) is 0.753. The van der Waals surface area contributed by atoms with Crippen molar-refractivity contribution in [3.8, 4) is 0 Å². The van der Waals surface area contributed by atoms with Crippen molar-refractivity contribution in [2.75, 3.05) is 0 Å². The van der Waals surface area contributed by atoms with Crippen LogP contribution in [0.5, 0.6) is 0 Å². The van der Waals surface area contributed by atoms with Gasteiger partial charge in [-0.05, 0) is 29.5 Å². The maximum Gasteiger partial charge on any atom is 0.129 e. The van der Waals surface area contributed by atoms with Crippen LogP contribution in [-0.2, 0) is 6.54 Å². The van der Waals surface area contributed by atoms with Crippen molar-refractivity contribution in [1.29, 1.82) is 0 Å².